The number of rotatable bonds is 7. The summed E-state index contributed by atoms with van der Waals surface area (Å²) in [6.07, 6.45) is 0. The molecule has 1 heterocycles. The average Bonchev–Trinajstić information content (AvgIpc) is 2.81. The first-order valence-electron chi connectivity index (χ1n) is 11.8. The van der Waals surface area contributed by atoms with Gasteiger partial charge < -0.3 is 25.6 Å². The van der Waals surface area contributed by atoms with Crippen molar-refractivity contribution in [1.29, 1.82) is 0 Å². The molecule has 2 aromatic rings. The van der Waals surface area contributed by atoms with Crippen LogP contribution in [0.15, 0.2) is 59.8 Å². The fourth-order valence-electron chi connectivity index (χ4n) is 3.67. The summed E-state index contributed by atoms with van der Waals surface area (Å²) in [4.78, 5) is 27.2. The summed E-state index contributed by atoms with van der Waals surface area (Å²) in [5.74, 6) is 0.299. The van der Waals surface area contributed by atoms with Crippen molar-refractivity contribution < 1.29 is 14.3 Å². The zero-order chi connectivity index (χ0) is 25.7. The Hall–Kier alpha value is -3.39. The second-order valence-electron chi connectivity index (χ2n) is 9.41. The molecule has 0 saturated carbocycles. The first-order valence-corrected chi connectivity index (χ1v) is 12.2. The highest BCUT2D eigenvalue weighted by Crippen LogP contribution is 2.31. The molecule has 0 fully saturated rings. The molecule has 3 N–H and O–H groups in total. The van der Waals surface area contributed by atoms with Crippen LogP contribution in [0.4, 0.5) is 16.2 Å². The van der Waals surface area contributed by atoms with Gasteiger partial charge in [-0.2, -0.15) is 0 Å². The number of carbonyl (C=O) groups is 2. The van der Waals surface area contributed by atoms with E-state index in [2.05, 4.69) is 29.8 Å². The smallest absolute Gasteiger partial charge is 0.338 e. The van der Waals surface area contributed by atoms with Gasteiger partial charge in [0.1, 0.15) is 0 Å². The zero-order valence-corrected chi connectivity index (χ0v) is 22.0. The number of nitrogens with zero attached hydrogens (tertiary/aromatic N) is 1. The molecule has 1 aliphatic rings. The summed E-state index contributed by atoms with van der Waals surface area (Å²) in [6.45, 7) is 10.4. The number of ether oxygens (including phenoxy) is 1. The first kappa shape index (κ1) is 26.2. The van der Waals surface area contributed by atoms with Crippen molar-refractivity contribution in [3.05, 3.63) is 70.9 Å². The summed E-state index contributed by atoms with van der Waals surface area (Å²) in [7, 11) is 1.82. The second-order valence-corrected chi connectivity index (χ2v) is 9.80. The van der Waals surface area contributed by atoms with Gasteiger partial charge in [0, 0.05) is 24.1 Å². The largest absolute Gasteiger partial charge is 0.462 e. The van der Waals surface area contributed by atoms with E-state index in [1.54, 1.807) is 17.0 Å². The van der Waals surface area contributed by atoms with E-state index in [1.165, 1.54) is 5.56 Å². The number of benzene rings is 2. The summed E-state index contributed by atoms with van der Waals surface area (Å²) >= 11 is 5.46. The van der Waals surface area contributed by atoms with Crippen LogP contribution >= 0.6 is 12.2 Å². The van der Waals surface area contributed by atoms with Crippen LogP contribution in [0.2, 0.25) is 0 Å². The molecule has 35 heavy (non-hydrogen) atoms. The molecule has 0 aromatic heterocycles. The van der Waals surface area contributed by atoms with Crippen molar-refractivity contribution in [2.45, 2.75) is 46.6 Å². The quantitative estimate of drug-likeness (QED) is 0.334. The maximum atomic E-state index is 12.9. The normalized spacial score (nSPS) is 15.8. The molecule has 2 aromatic carbocycles. The summed E-state index contributed by atoms with van der Waals surface area (Å²) in [6, 6.07) is 14.3. The number of allylic oxidation sites excluding steroid dienone is 1. The Labute approximate surface area is 212 Å². The van der Waals surface area contributed by atoms with Crippen LogP contribution in [0.1, 0.15) is 57.7 Å². The molecule has 1 aliphatic heterocycles. The molecule has 0 saturated heterocycles. The lowest BCUT2D eigenvalue weighted by atomic mass is 9.95. The van der Waals surface area contributed by atoms with Crippen LogP contribution in [0.25, 0.3) is 0 Å². The van der Waals surface area contributed by atoms with Gasteiger partial charge in [-0.05, 0) is 66.4 Å². The lowest BCUT2D eigenvalue weighted by molar-refractivity contribution is -0.140. The lowest BCUT2D eigenvalue weighted by Crippen LogP contribution is -2.46. The van der Waals surface area contributed by atoms with E-state index in [9.17, 15) is 9.59 Å². The van der Waals surface area contributed by atoms with Crippen LogP contribution in [0.5, 0.6) is 0 Å². The van der Waals surface area contributed by atoms with E-state index in [0.29, 0.717) is 28.9 Å². The van der Waals surface area contributed by atoms with Gasteiger partial charge in [0.2, 0.25) is 0 Å². The van der Waals surface area contributed by atoms with Gasteiger partial charge in [-0.1, -0.05) is 52.0 Å². The molecule has 7 nitrogen and oxygen atoms in total. The van der Waals surface area contributed by atoms with Gasteiger partial charge >= 0.3 is 12.0 Å². The highest BCUT2D eigenvalue weighted by atomic mass is 32.1. The van der Waals surface area contributed by atoms with E-state index >= 15 is 0 Å². The predicted octanol–water partition coefficient (Wildman–Crippen LogP) is 5.79. The molecular formula is C27H34N4O3S. The SMILES string of the molecule is CC1=C(C(=O)OCC(C)C)C(c2ccc(NC(=O)Nc3ccc(C(C)C)cc3)cc2)NC(=S)N1C. The molecule has 8 heteroatoms. The molecule has 1 atom stereocenters. The van der Waals surface area contributed by atoms with E-state index < -0.39 is 6.04 Å². The Morgan fingerprint density at radius 3 is 2.06 bits per heavy atom. The van der Waals surface area contributed by atoms with Gasteiger partial charge in [0.25, 0.3) is 0 Å². The molecule has 3 rings (SSSR count). The van der Waals surface area contributed by atoms with E-state index in [0.717, 1.165) is 16.9 Å². The van der Waals surface area contributed by atoms with Gasteiger partial charge in [0.15, 0.2) is 5.11 Å². The fourth-order valence-corrected chi connectivity index (χ4v) is 3.93. The summed E-state index contributed by atoms with van der Waals surface area (Å²) in [5, 5.41) is 9.45. The Morgan fingerprint density at radius 2 is 1.54 bits per heavy atom. The number of esters is 1. The average molecular weight is 495 g/mol. The van der Waals surface area contributed by atoms with Crippen molar-refractivity contribution in [3.63, 3.8) is 0 Å². The number of anilines is 2. The van der Waals surface area contributed by atoms with Crippen LogP contribution in [0, 0.1) is 5.92 Å². The van der Waals surface area contributed by atoms with Crippen LogP contribution in [-0.2, 0) is 9.53 Å². The molecule has 0 spiro atoms. The predicted molar refractivity (Wildman–Crippen MR) is 144 cm³/mol. The number of amides is 2. The van der Waals surface area contributed by atoms with Gasteiger partial charge in [-0.15, -0.1) is 0 Å². The first-order chi connectivity index (χ1) is 16.6. The maximum absolute atomic E-state index is 12.9. The topological polar surface area (TPSA) is 82.7 Å². The Bertz CT molecular complexity index is 1110. The van der Waals surface area contributed by atoms with Gasteiger partial charge in [0.05, 0.1) is 18.2 Å². The molecule has 186 valence electrons. The third kappa shape index (κ3) is 6.60. The van der Waals surface area contributed by atoms with Crippen molar-refractivity contribution in [2.24, 2.45) is 5.92 Å². The highest BCUT2D eigenvalue weighted by Gasteiger charge is 2.33. The minimum absolute atomic E-state index is 0.235. The number of carbonyl (C=O) groups excluding carboxylic acids is 2. The lowest BCUT2D eigenvalue weighted by Gasteiger charge is -2.35. The Balaban J connectivity index is 1.72. The van der Waals surface area contributed by atoms with E-state index in [4.69, 9.17) is 17.0 Å². The van der Waals surface area contributed by atoms with Gasteiger partial charge in [-0.3, -0.25) is 0 Å². The van der Waals surface area contributed by atoms with Gasteiger partial charge in [-0.25, -0.2) is 9.59 Å². The molecule has 0 bridgehead atoms. The third-order valence-corrected chi connectivity index (χ3v) is 6.25. The summed E-state index contributed by atoms with van der Waals surface area (Å²) in [5.41, 5.74) is 4.67. The van der Waals surface area contributed by atoms with Crippen molar-refractivity contribution in [1.82, 2.24) is 10.2 Å². The number of thiocarbonyl (C=S) groups is 1. The minimum Gasteiger partial charge on any atom is -0.462 e. The molecule has 1 unspecified atom stereocenters. The van der Waals surface area contributed by atoms with E-state index in [1.807, 2.05) is 64.2 Å². The molecule has 0 radical (unpaired) electrons. The standard InChI is InChI=1S/C27H34N4O3S/c1-16(2)15-34-25(32)23-18(5)31(6)27(35)30-24(23)20-9-13-22(14-10-20)29-26(33)28-21-11-7-19(8-12-21)17(3)4/h7-14,16-17,24H,15H2,1-6H3,(H,30,35)(H2,28,29,33). The summed E-state index contributed by atoms with van der Waals surface area (Å²) < 4.78 is 5.53. The van der Waals surface area contributed by atoms with Crippen molar-refractivity contribution >= 4 is 40.7 Å². The maximum Gasteiger partial charge on any atom is 0.338 e. The minimum atomic E-state index is -0.444. The van der Waals surface area contributed by atoms with Crippen molar-refractivity contribution in [3.8, 4) is 0 Å². The Morgan fingerprint density at radius 1 is 1.00 bits per heavy atom. The molecule has 2 amide bonds. The van der Waals surface area contributed by atoms with E-state index in [-0.39, 0.29) is 17.9 Å². The Kier molecular flexibility index (Phi) is 8.51. The third-order valence-electron chi connectivity index (χ3n) is 5.86. The van der Waals surface area contributed by atoms with Crippen LogP contribution < -0.4 is 16.0 Å². The molecular weight excluding hydrogens is 460 g/mol. The second kappa shape index (κ2) is 11.4. The monoisotopic (exact) mass is 494 g/mol. The van der Waals surface area contributed by atoms with Crippen molar-refractivity contribution in [2.75, 3.05) is 24.3 Å². The zero-order valence-electron chi connectivity index (χ0n) is 21.1. The van der Waals surface area contributed by atoms with Crippen LogP contribution in [-0.4, -0.2) is 35.7 Å². The van der Waals surface area contributed by atoms with Crippen LogP contribution in [0.3, 0.4) is 0 Å². The highest BCUT2D eigenvalue weighted by molar-refractivity contribution is 7.80. The number of urea groups is 1. The number of nitrogens with one attached hydrogen (secondary N) is 3. The number of hydrogen-bond acceptors (Lipinski definition) is 4. The fraction of sp³-hybridized carbons (Fsp3) is 0.370. The number of hydrogen-bond donors (Lipinski definition) is 3. The molecule has 0 aliphatic carbocycles.